The van der Waals surface area contributed by atoms with E-state index in [1.165, 1.54) is 6.08 Å². The monoisotopic (exact) mass is 525 g/mol. The first-order valence-corrected chi connectivity index (χ1v) is 12.2. The molecule has 1 aliphatic carbocycles. The Labute approximate surface area is 221 Å². The molecule has 1 saturated heterocycles. The molecule has 2 fully saturated rings. The summed E-state index contributed by atoms with van der Waals surface area (Å²) < 4.78 is 5.02. The fourth-order valence-electron chi connectivity index (χ4n) is 4.21. The summed E-state index contributed by atoms with van der Waals surface area (Å²) in [5.41, 5.74) is 25.9. The Hall–Kier alpha value is -3.94. The second-order valence-corrected chi connectivity index (χ2v) is 9.18. The molecule has 196 valence electrons. The lowest BCUT2D eigenvalue weighted by Crippen LogP contribution is -2.36. The summed E-state index contributed by atoms with van der Waals surface area (Å²) in [4.78, 5) is 24.5. The number of nitrogen functional groups attached to an aromatic ring is 2. The lowest BCUT2D eigenvalue weighted by atomic mass is 9.99. The van der Waals surface area contributed by atoms with Gasteiger partial charge < -0.3 is 32.6 Å². The normalized spacial score (nSPS) is 16.9. The highest BCUT2D eigenvalue weighted by Crippen LogP contribution is 2.43. The van der Waals surface area contributed by atoms with Crippen LogP contribution in [0.5, 0.6) is 0 Å². The van der Waals surface area contributed by atoms with Gasteiger partial charge in [0.1, 0.15) is 11.3 Å². The van der Waals surface area contributed by atoms with E-state index in [0.717, 1.165) is 43.4 Å². The van der Waals surface area contributed by atoms with Crippen molar-refractivity contribution in [1.29, 1.82) is 0 Å². The summed E-state index contributed by atoms with van der Waals surface area (Å²) in [6, 6.07) is 3.70. The molecule has 2 amide bonds. The van der Waals surface area contributed by atoms with E-state index in [0.29, 0.717) is 28.8 Å². The molecule has 1 aliphatic heterocycles. The molecular formula is C26H32ClN7O3. The van der Waals surface area contributed by atoms with E-state index >= 15 is 0 Å². The van der Waals surface area contributed by atoms with Crippen LogP contribution < -0.4 is 22.9 Å². The quantitative estimate of drug-likeness (QED) is 0.218. The lowest BCUT2D eigenvalue weighted by Gasteiger charge is -2.22. The van der Waals surface area contributed by atoms with Crippen LogP contribution in [0.1, 0.15) is 52.9 Å². The second-order valence-electron chi connectivity index (χ2n) is 8.78. The van der Waals surface area contributed by atoms with Gasteiger partial charge in [0.15, 0.2) is 5.82 Å². The molecule has 0 spiro atoms. The number of methoxy groups -OCH3 is 1. The Morgan fingerprint density at radius 1 is 1.30 bits per heavy atom. The highest BCUT2D eigenvalue weighted by atomic mass is 35.5. The molecule has 2 aliphatic rings. The second kappa shape index (κ2) is 12.3. The van der Waals surface area contributed by atoms with Gasteiger partial charge in [-0.15, -0.1) is 0 Å². The average Bonchev–Trinajstić information content (AvgIpc) is 3.47. The van der Waals surface area contributed by atoms with Crippen molar-refractivity contribution in [3.8, 4) is 11.8 Å². The summed E-state index contributed by atoms with van der Waals surface area (Å²) >= 11 is 6.33. The van der Waals surface area contributed by atoms with Crippen molar-refractivity contribution >= 4 is 40.5 Å². The van der Waals surface area contributed by atoms with Gasteiger partial charge in [-0.3, -0.25) is 14.7 Å². The fourth-order valence-corrected chi connectivity index (χ4v) is 4.42. The Balaban J connectivity index is 0.000000266. The van der Waals surface area contributed by atoms with Crippen LogP contribution >= 0.6 is 11.6 Å². The number of H-pyrrole nitrogens is 1. The molecule has 9 N–H and O–H groups in total. The maximum absolute atomic E-state index is 11.4. The number of amides is 2. The van der Waals surface area contributed by atoms with Crippen LogP contribution in [0.4, 0.5) is 11.5 Å². The Kier molecular flexibility index (Phi) is 9.22. The van der Waals surface area contributed by atoms with E-state index in [4.69, 9.17) is 39.3 Å². The topological polar surface area (TPSA) is 179 Å². The van der Waals surface area contributed by atoms with Crippen LogP contribution in [0.15, 0.2) is 31.0 Å². The molecule has 2 heterocycles. The molecule has 1 aromatic heterocycles. The van der Waals surface area contributed by atoms with Gasteiger partial charge in [0, 0.05) is 30.5 Å². The number of hydrogen-bond acceptors (Lipinski definition) is 7. The highest BCUT2D eigenvalue weighted by molar-refractivity contribution is 6.32. The molecule has 4 rings (SSSR count). The highest BCUT2D eigenvalue weighted by Gasteiger charge is 2.28. The Morgan fingerprint density at radius 3 is 2.62 bits per heavy atom. The molecule has 0 bridgehead atoms. The van der Waals surface area contributed by atoms with Crippen LogP contribution in [-0.4, -0.2) is 53.2 Å². The van der Waals surface area contributed by atoms with Crippen molar-refractivity contribution in [2.24, 2.45) is 17.4 Å². The van der Waals surface area contributed by atoms with Crippen molar-refractivity contribution in [1.82, 2.24) is 15.1 Å². The van der Waals surface area contributed by atoms with Crippen molar-refractivity contribution in [2.75, 3.05) is 31.7 Å². The van der Waals surface area contributed by atoms with Gasteiger partial charge in [-0.2, -0.15) is 5.10 Å². The van der Waals surface area contributed by atoms with Gasteiger partial charge in [0.2, 0.25) is 5.91 Å². The van der Waals surface area contributed by atoms with Crippen molar-refractivity contribution in [2.45, 2.75) is 31.7 Å². The number of aromatic nitrogens is 2. The van der Waals surface area contributed by atoms with E-state index < -0.39 is 5.91 Å². The van der Waals surface area contributed by atoms with Gasteiger partial charge >= 0.3 is 0 Å². The number of nitrogens with two attached hydrogens (primary N) is 4. The minimum Gasteiger partial charge on any atom is -0.404 e. The number of benzene rings is 1. The zero-order valence-electron chi connectivity index (χ0n) is 20.7. The minimum atomic E-state index is -0.710. The van der Waals surface area contributed by atoms with Gasteiger partial charge in [0.05, 0.1) is 17.7 Å². The number of ether oxygens (including phenoxy) is 1. The number of primary amides is 1. The maximum atomic E-state index is 11.4. The van der Waals surface area contributed by atoms with Crippen molar-refractivity contribution in [3.63, 3.8) is 0 Å². The predicted octanol–water partition coefficient (Wildman–Crippen LogP) is 2.25. The van der Waals surface area contributed by atoms with Crippen molar-refractivity contribution in [3.05, 3.63) is 58.4 Å². The number of aromatic amines is 1. The number of allylic oxidation sites excluding steroid dienone is 1. The number of halogens is 1. The molecule has 2 aromatic rings. The summed E-state index contributed by atoms with van der Waals surface area (Å²) in [5, 5.41) is 6.74. The first kappa shape index (κ1) is 27.6. The van der Waals surface area contributed by atoms with Gasteiger partial charge in [-0.1, -0.05) is 24.1 Å². The van der Waals surface area contributed by atoms with Crippen LogP contribution in [0.2, 0.25) is 5.02 Å². The molecule has 1 saturated carbocycles. The zero-order chi connectivity index (χ0) is 27.1. The number of nitrogens with zero attached hydrogens (tertiary/aromatic N) is 2. The Morgan fingerprint density at radius 2 is 2.03 bits per heavy atom. The average molecular weight is 526 g/mol. The third-order valence-electron chi connectivity index (χ3n) is 6.20. The lowest BCUT2D eigenvalue weighted by molar-refractivity contribution is -0.127. The van der Waals surface area contributed by atoms with E-state index in [2.05, 4.69) is 28.6 Å². The minimum absolute atomic E-state index is 0.0000769. The van der Waals surface area contributed by atoms with Crippen LogP contribution in [0.3, 0.4) is 0 Å². The number of likely N-dealkylation sites (tertiary alicyclic amines) is 1. The third-order valence-corrected chi connectivity index (χ3v) is 6.52. The number of anilines is 2. The molecule has 37 heavy (non-hydrogen) atoms. The number of rotatable bonds is 6. The van der Waals surface area contributed by atoms with Crippen LogP contribution in [0.25, 0.3) is 5.57 Å². The molecular weight excluding hydrogens is 494 g/mol. The first-order chi connectivity index (χ1) is 17.7. The number of hydrogen-bond donors (Lipinski definition) is 5. The van der Waals surface area contributed by atoms with Crippen LogP contribution in [0, 0.1) is 17.8 Å². The third kappa shape index (κ3) is 6.64. The molecule has 1 atom stereocenters. The Bertz CT molecular complexity index is 1270. The summed E-state index contributed by atoms with van der Waals surface area (Å²) in [6.45, 7) is 4.95. The molecule has 1 aromatic carbocycles. The van der Waals surface area contributed by atoms with Gasteiger partial charge in [-0.25, -0.2) is 0 Å². The molecule has 11 heteroatoms. The largest absolute Gasteiger partial charge is 0.404 e. The van der Waals surface area contributed by atoms with E-state index in [1.54, 1.807) is 25.4 Å². The summed E-state index contributed by atoms with van der Waals surface area (Å²) in [7, 11) is 1.66. The molecule has 0 radical (unpaired) electrons. The molecule has 10 nitrogen and oxygen atoms in total. The number of nitrogens with one attached hydrogen (secondary N) is 1. The van der Waals surface area contributed by atoms with Gasteiger partial charge in [-0.05, 0) is 67.5 Å². The predicted molar refractivity (Wildman–Crippen MR) is 145 cm³/mol. The standard InChI is InChI=1S/C17H17ClN6O.C9H15NO2/c18-12-6-10(11(7-19)8-1-2-8)13(20)5-9(12)3-4-14-15(17(22)25)16(21)24-23-14;1-3-9(11)10-6-4-5-8(10)7-12-2/h5-8H,1-2,19-20H2,(H2,22,25)(H3,21,23,24);3,8H,1,4-7H2,2H3/b11-7-;. The summed E-state index contributed by atoms with van der Waals surface area (Å²) in [5.74, 6) is 5.38. The SMILES string of the molecule is C=CC(=O)N1CCCC1COC.N/C=C(\c1cc(Cl)c(C#Cc2[nH]nc(N)c2C(N)=O)cc1N)C1CC1. The fraction of sp³-hybridized carbons (Fsp3) is 0.346. The first-order valence-electron chi connectivity index (χ1n) is 11.8. The van der Waals surface area contributed by atoms with Crippen molar-refractivity contribution < 1.29 is 14.3 Å². The maximum Gasteiger partial charge on any atom is 0.255 e. The van der Waals surface area contributed by atoms with Crippen LogP contribution in [-0.2, 0) is 9.53 Å². The van der Waals surface area contributed by atoms with E-state index in [9.17, 15) is 9.59 Å². The zero-order valence-corrected chi connectivity index (χ0v) is 21.5. The van der Waals surface area contributed by atoms with Gasteiger partial charge in [0.25, 0.3) is 5.91 Å². The summed E-state index contributed by atoms with van der Waals surface area (Å²) in [6.07, 6.45) is 7.27. The number of carbonyl (C=O) groups is 2. The number of carbonyl (C=O) groups excluding carboxylic acids is 2. The van der Waals surface area contributed by atoms with E-state index in [1.807, 2.05) is 4.90 Å². The van der Waals surface area contributed by atoms with E-state index in [-0.39, 0.29) is 29.0 Å². The molecule has 1 unspecified atom stereocenters. The smallest absolute Gasteiger partial charge is 0.255 e.